The number of fused-ring (bicyclic) bond motifs is 1. The fourth-order valence-electron chi connectivity index (χ4n) is 2.46. The van der Waals surface area contributed by atoms with Gasteiger partial charge in [-0.05, 0) is 54.3 Å². The molecule has 1 aliphatic rings. The SMILES string of the molecule is CCCOc1ccc(CCC(=O)N/N=C\c2ccc3c(c2)OCO3)cc1. The second-order valence-corrected chi connectivity index (χ2v) is 5.90. The van der Waals surface area contributed by atoms with Crippen molar-refractivity contribution in [1.82, 2.24) is 5.43 Å². The number of nitrogens with one attached hydrogen (secondary N) is 1. The third-order valence-electron chi connectivity index (χ3n) is 3.84. The van der Waals surface area contributed by atoms with Crippen molar-refractivity contribution in [2.75, 3.05) is 13.4 Å². The molecule has 1 heterocycles. The smallest absolute Gasteiger partial charge is 0.240 e. The van der Waals surface area contributed by atoms with Gasteiger partial charge >= 0.3 is 0 Å². The summed E-state index contributed by atoms with van der Waals surface area (Å²) in [4.78, 5) is 11.9. The zero-order chi connectivity index (χ0) is 18.2. The fraction of sp³-hybridized carbons (Fsp3) is 0.300. The lowest BCUT2D eigenvalue weighted by Gasteiger charge is -2.05. The number of carbonyl (C=O) groups excluding carboxylic acids is 1. The number of amides is 1. The third-order valence-corrected chi connectivity index (χ3v) is 3.84. The number of aryl methyl sites for hydroxylation is 1. The van der Waals surface area contributed by atoms with Gasteiger partial charge in [0.15, 0.2) is 11.5 Å². The number of hydrazone groups is 1. The summed E-state index contributed by atoms with van der Waals surface area (Å²) in [6.45, 7) is 3.02. The van der Waals surface area contributed by atoms with Gasteiger partial charge in [-0.1, -0.05) is 19.1 Å². The molecule has 0 saturated heterocycles. The Kier molecular flexibility index (Phi) is 6.09. The molecular formula is C20H22N2O4. The van der Waals surface area contributed by atoms with Crippen LogP contribution in [0.4, 0.5) is 0 Å². The van der Waals surface area contributed by atoms with E-state index in [1.165, 1.54) is 0 Å². The first kappa shape index (κ1) is 17.8. The topological polar surface area (TPSA) is 69.2 Å². The van der Waals surface area contributed by atoms with Crippen LogP contribution in [-0.4, -0.2) is 25.5 Å². The molecular weight excluding hydrogens is 332 g/mol. The maximum atomic E-state index is 11.9. The molecule has 0 saturated carbocycles. The lowest BCUT2D eigenvalue weighted by Crippen LogP contribution is -2.17. The highest BCUT2D eigenvalue weighted by Crippen LogP contribution is 2.31. The van der Waals surface area contributed by atoms with Crippen LogP contribution >= 0.6 is 0 Å². The highest BCUT2D eigenvalue weighted by atomic mass is 16.7. The van der Waals surface area contributed by atoms with Crippen molar-refractivity contribution in [3.05, 3.63) is 53.6 Å². The molecule has 0 spiro atoms. The van der Waals surface area contributed by atoms with E-state index >= 15 is 0 Å². The van der Waals surface area contributed by atoms with Crippen LogP contribution < -0.4 is 19.6 Å². The Bertz CT molecular complexity index is 772. The fourth-order valence-corrected chi connectivity index (χ4v) is 2.46. The molecule has 0 atom stereocenters. The van der Waals surface area contributed by atoms with Gasteiger partial charge in [-0.15, -0.1) is 0 Å². The van der Waals surface area contributed by atoms with Crippen molar-refractivity contribution in [2.24, 2.45) is 5.10 Å². The van der Waals surface area contributed by atoms with Gasteiger partial charge in [0.2, 0.25) is 12.7 Å². The van der Waals surface area contributed by atoms with Gasteiger partial charge in [0.25, 0.3) is 0 Å². The maximum absolute atomic E-state index is 11.9. The Labute approximate surface area is 152 Å². The van der Waals surface area contributed by atoms with Gasteiger partial charge in [-0.3, -0.25) is 4.79 Å². The summed E-state index contributed by atoms with van der Waals surface area (Å²) < 4.78 is 16.1. The Hall–Kier alpha value is -3.02. The Morgan fingerprint density at radius 2 is 2.00 bits per heavy atom. The Morgan fingerprint density at radius 3 is 2.81 bits per heavy atom. The van der Waals surface area contributed by atoms with E-state index in [1.54, 1.807) is 6.21 Å². The summed E-state index contributed by atoms with van der Waals surface area (Å²) in [5, 5.41) is 3.99. The Balaban J connectivity index is 1.42. The van der Waals surface area contributed by atoms with Crippen LogP contribution in [-0.2, 0) is 11.2 Å². The van der Waals surface area contributed by atoms with Crippen LogP contribution in [0, 0.1) is 0 Å². The zero-order valence-electron chi connectivity index (χ0n) is 14.7. The summed E-state index contributed by atoms with van der Waals surface area (Å²) in [6.07, 6.45) is 3.58. The molecule has 1 aliphatic heterocycles. The van der Waals surface area contributed by atoms with E-state index < -0.39 is 0 Å². The first-order valence-electron chi connectivity index (χ1n) is 8.68. The Morgan fingerprint density at radius 1 is 1.19 bits per heavy atom. The largest absolute Gasteiger partial charge is 0.494 e. The summed E-state index contributed by atoms with van der Waals surface area (Å²) in [6, 6.07) is 13.3. The molecule has 0 aliphatic carbocycles. The van der Waals surface area contributed by atoms with E-state index in [4.69, 9.17) is 14.2 Å². The second-order valence-electron chi connectivity index (χ2n) is 5.90. The predicted molar refractivity (Wildman–Crippen MR) is 98.9 cm³/mol. The molecule has 6 nitrogen and oxygen atoms in total. The quantitative estimate of drug-likeness (QED) is 0.583. The molecule has 2 aromatic rings. The van der Waals surface area contributed by atoms with Crippen LogP contribution in [0.5, 0.6) is 17.2 Å². The highest BCUT2D eigenvalue weighted by Gasteiger charge is 2.12. The molecule has 6 heteroatoms. The normalized spacial score (nSPS) is 12.3. The highest BCUT2D eigenvalue weighted by molar-refractivity contribution is 5.83. The number of hydrogen-bond donors (Lipinski definition) is 1. The number of ether oxygens (including phenoxy) is 3. The van der Waals surface area contributed by atoms with Crippen molar-refractivity contribution >= 4 is 12.1 Å². The van der Waals surface area contributed by atoms with E-state index in [0.29, 0.717) is 25.2 Å². The average molecular weight is 354 g/mol. The molecule has 0 unspecified atom stereocenters. The number of nitrogens with zero attached hydrogens (tertiary/aromatic N) is 1. The lowest BCUT2D eigenvalue weighted by molar-refractivity contribution is -0.121. The molecule has 26 heavy (non-hydrogen) atoms. The minimum atomic E-state index is -0.131. The molecule has 136 valence electrons. The van der Waals surface area contributed by atoms with Gasteiger partial charge in [-0.25, -0.2) is 5.43 Å². The van der Waals surface area contributed by atoms with Gasteiger partial charge < -0.3 is 14.2 Å². The van der Waals surface area contributed by atoms with Crippen LogP contribution in [0.25, 0.3) is 0 Å². The molecule has 1 N–H and O–H groups in total. The minimum absolute atomic E-state index is 0.131. The van der Waals surface area contributed by atoms with E-state index in [9.17, 15) is 4.79 Å². The zero-order valence-corrected chi connectivity index (χ0v) is 14.7. The summed E-state index contributed by atoms with van der Waals surface area (Å²) in [5.41, 5.74) is 4.46. The maximum Gasteiger partial charge on any atom is 0.240 e. The van der Waals surface area contributed by atoms with E-state index in [2.05, 4.69) is 17.5 Å². The second kappa shape index (κ2) is 8.89. The molecule has 1 amide bonds. The third kappa shape index (κ3) is 4.99. The molecule has 0 aromatic heterocycles. The van der Waals surface area contributed by atoms with E-state index in [1.807, 2.05) is 42.5 Å². The standard InChI is InChI=1S/C20H22N2O4/c1-2-11-24-17-7-3-15(4-8-17)6-10-20(23)22-21-13-16-5-9-18-19(12-16)26-14-25-18/h3-5,7-9,12-13H,2,6,10-11,14H2,1H3,(H,22,23)/b21-13-. The molecule has 3 rings (SSSR count). The van der Waals surface area contributed by atoms with Crippen molar-refractivity contribution in [2.45, 2.75) is 26.2 Å². The van der Waals surface area contributed by atoms with Crippen molar-refractivity contribution in [1.29, 1.82) is 0 Å². The summed E-state index contributed by atoms with van der Waals surface area (Å²) in [5.74, 6) is 2.13. The monoisotopic (exact) mass is 354 g/mol. The number of carbonyl (C=O) groups is 1. The predicted octanol–water partition coefficient (Wildman–Crippen LogP) is 3.29. The van der Waals surface area contributed by atoms with E-state index in [0.717, 1.165) is 29.0 Å². The minimum Gasteiger partial charge on any atom is -0.494 e. The lowest BCUT2D eigenvalue weighted by atomic mass is 10.1. The molecule has 2 aromatic carbocycles. The molecule has 0 bridgehead atoms. The van der Waals surface area contributed by atoms with Gasteiger partial charge in [0, 0.05) is 6.42 Å². The van der Waals surface area contributed by atoms with Crippen molar-refractivity contribution in [3.63, 3.8) is 0 Å². The average Bonchev–Trinajstić information content (AvgIpc) is 3.13. The number of rotatable bonds is 8. The molecule has 0 fully saturated rings. The van der Waals surface area contributed by atoms with Gasteiger partial charge in [0.1, 0.15) is 5.75 Å². The molecule has 0 radical (unpaired) electrons. The van der Waals surface area contributed by atoms with Crippen molar-refractivity contribution < 1.29 is 19.0 Å². The van der Waals surface area contributed by atoms with Crippen LogP contribution in [0.2, 0.25) is 0 Å². The summed E-state index contributed by atoms with van der Waals surface area (Å²) in [7, 11) is 0. The van der Waals surface area contributed by atoms with Crippen LogP contribution in [0.3, 0.4) is 0 Å². The first-order valence-corrected chi connectivity index (χ1v) is 8.68. The van der Waals surface area contributed by atoms with Gasteiger partial charge in [0.05, 0.1) is 12.8 Å². The van der Waals surface area contributed by atoms with Gasteiger partial charge in [-0.2, -0.15) is 5.10 Å². The summed E-state index contributed by atoms with van der Waals surface area (Å²) >= 11 is 0. The van der Waals surface area contributed by atoms with E-state index in [-0.39, 0.29) is 12.7 Å². The van der Waals surface area contributed by atoms with Crippen molar-refractivity contribution in [3.8, 4) is 17.2 Å². The number of hydrogen-bond acceptors (Lipinski definition) is 5. The van der Waals surface area contributed by atoms with Crippen LogP contribution in [0.15, 0.2) is 47.6 Å². The van der Waals surface area contributed by atoms with Crippen LogP contribution in [0.1, 0.15) is 30.9 Å². The first-order chi connectivity index (χ1) is 12.7. The number of benzene rings is 2.